The highest BCUT2D eigenvalue weighted by molar-refractivity contribution is 6.29. The van der Waals surface area contributed by atoms with Gasteiger partial charge in [0.25, 0.3) is 0 Å². The number of hydrogen-bond donors (Lipinski definition) is 1. The lowest BCUT2D eigenvalue weighted by Gasteiger charge is -2.17. The van der Waals surface area contributed by atoms with Crippen LogP contribution in [0.1, 0.15) is 33.6 Å². The van der Waals surface area contributed by atoms with Crippen LogP contribution >= 0.6 is 11.6 Å². The van der Waals surface area contributed by atoms with Crippen molar-refractivity contribution in [1.29, 1.82) is 0 Å². The number of hydrogen-bond acceptors (Lipinski definition) is 3. The number of allylic oxidation sites excluding steroid dienone is 5. The second kappa shape index (κ2) is 10.1. The van der Waals surface area contributed by atoms with E-state index in [1.54, 1.807) is 0 Å². The average Bonchev–Trinajstić information content (AvgIpc) is 2.41. The molecule has 3 nitrogen and oxygen atoms in total. The van der Waals surface area contributed by atoms with Crippen LogP contribution in [0.3, 0.4) is 0 Å². The minimum atomic E-state index is -0.373. The van der Waals surface area contributed by atoms with E-state index < -0.39 is 0 Å². The molecule has 0 fully saturated rings. The molecule has 0 aliphatic rings. The zero-order chi connectivity index (χ0) is 17.3. The zero-order valence-electron chi connectivity index (χ0n) is 13.7. The first-order valence-corrected chi connectivity index (χ1v) is 7.52. The number of esters is 1. The molecule has 0 rings (SSSR count). The topological polar surface area (TPSA) is 52.3 Å². The van der Waals surface area contributed by atoms with E-state index in [1.807, 2.05) is 26.0 Å². The van der Waals surface area contributed by atoms with Gasteiger partial charge in [-0.3, -0.25) is 4.79 Å². The van der Waals surface area contributed by atoms with Crippen molar-refractivity contribution in [2.45, 2.75) is 33.6 Å². The van der Waals surface area contributed by atoms with Gasteiger partial charge in [0.05, 0.1) is 0 Å². The summed E-state index contributed by atoms with van der Waals surface area (Å²) in [7, 11) is 0. The Kier molecular flexibility index (Phi) is 9.27. The summed E-state index contributed by atoms with van der Waals surface area (Å²) in [5, 5.41) is 0.141. The average molecular weight is 324 g/mol. The summed E-state index contributed by atoms with van der Waals surface area (Å²) < 4.78 is 5.01. The first-order valence-electron chi connectivity index (χ1n) is 7.14. The molecule has 4 heteroatoms. The number of rotatable bonds is 9. The number of nitrogens with two attached hydrogens (primary N) is 1. The quantitative estimate of drug-likeness (QED) is 0.291. The maximum atomic E-state index is 11.0. The third kappa shape index (κ3) is 7.32. The fourth-order valence-corrected chi connectivity index (χ4v) is 2.15. The molecule has 0 saturated heterocycles. The van der Waals surface area contributed by atoms with Gasteiger partial charge in [0, 0.05) is 18.4 Å². The molecular weight excluding hydrogens is 298 g/mol. The Morgan fingerprint density at radius 3 is 2.36 bits per heavy atom. The van der Waals surface area contributed by atoms with Gasteiger partial charge in [-0.05, 0) is 30.9 Å². The Hall–Kier alpha value is -1.74. The Labute approximate surface area is 138 Å². The second-order valence-corrected chi connectivity index (χ2v) is 5.64. The van der Waals surface area contributed by atoms with E-state index in [1.165, 1.54) is 6.92 Å². The fourth-order valence-electron chi connectivity index (χ4n) is 1.92. The van der Waals surface area contributed by atoms with E-state index in [2.05, 4.69) is 19.7 Å². The predicted octanol–water partition coefficient (Wildman–Crippen LogP) is 4.62. The van der Waals surface area contributed by atoms with Gasteiger partial charge < -0.3 is 10.5 Å². The number of ether oxygens (including phenoxy) is 1. The van der Waals surface area contributed by atoms with E-state index in [4.69, 9.17) is 22.1 Å². The largest absolute Gasteiger partial charge is 0.461 e. The summed E-state index contributed by atoms with van der Waals surface area (Å²) in [6.45, 7) is 17.1. The molecule has 0 spiro atoms. The van der Waals surface area contributed by atoms with Crippen LogP contribution in [0.4, 0.5) is 0 Å². The van der Waals surface area contributed by atoms with Gasteiger partial charge in [0.2, 0.25) is 0 Å². The number of carbonyl (C=O) groups excluding carboxylic acids is 1. The highest BCUT2D eigenvalue weighted by Crippen LogP contribution is 2.26. The van der Waals surface area contributed by atoms with Crippen molar-refractivity contribution in [3.8, 4) is 0 Å². The van der Waals surface area contributed by atoms with Crippen LogP contribution in [0, 0.1) is 5.92 Å². The third-order valence-corrected chi connectivity index (χ3v) is 3.44. The number of carbonyl (C=O) groups is 1. The maximum Gasteiger partial charge on any atom is 0.302 e. The zero-order valence-corrected chi connectivity index (χ0v) is 14.5. The molecule has 0 heterocycles. The SMILES string of the molecule is C=CCCC(=C)/C(=C\C(C)/C(COC(C)=O)=C(\N)Cl)C(=C)C. The van der Waals surface area contributed by atoms with Gasteiger partial charge in [-0.1, -0.05) is 49.4 Å². The van der Waals surface area contributed by atoms with Crippen molar-refractivity contribution in [2.75, 3.05) is 6.61 Å². The summed E-state index contributed by atoms with van der Waals surface area (Å²) >= 11 is 5.93. The van der Waals surface area contributed by atoms with E-state index in [-0.39, 0.29) is 23.7 Å². The summed E-state index contributed by atoms with van der Waals surface area (Å²) in [4.78, 5) is 11.0. The Morgan fingerprint density at radius 1 is 1.36 bits per heavy atom. The van der Waals surface area contributed by atoms with Gasteiger partial charge in [0.1, 0.15) is 11.8 Å². The van der Waals surface area contributed by atoms with Crippen molar-refractivity contribution in [2.24, 2.45) is 11.7 Å². The summed E-state index contributed by atoms with van der Waals surface area (Å²) in [5.41, 5.74) is 9.24. The van der Waals surface area contributed by atoms with Crippen molar-refractivity contribution in [3.63, 3.8) is 0 Å². The van der Waals surface area contributed by atoms with Crippen LogP contribution in [0.2, 0.25) is 0 Å². The van der Waals surface area contributed by atoms with E-state index in [0.717, 1.165) is 29.6 Å². The molecule has 22 heavy (non-hydrogen) atoms. The first-order chi connectivity index (χ1) is 10.2. The summed E-state index contributed by atoms with van der Waals surface area (Å²) in [6, 6.07) is 0. The van der Waals surface area contributed by atoms with Crippen LogP contribution < -0.4 is 5.73 Å². The second-order valence-electron chi connectivity index (χ2n) is 5.23. The summed E-state index contributed by atoms with van der Waals surface area (Å²) in [6.07, 6.45) is 5.52. The molecule has 0 aliphatic carbocycles. The van der Waals surface area contributed by atoms with E-state index >= 15 is 0 Å². The molecule has 0 aliphatic heterocycles. The van der Waals surface area contributed by atoms with Crippen LogP contribution in [-0.2, 0) is 9.53 Å². The first kappa shape index (κ1) is 20.3. The molecule has 0 amide bonds. The van der Waals surface area contributed by atoms with Gasteiger partial charge in [-0.2, -0.15) is 0 Å². The van der Waals surface area contributed by atoms with Crippen LogP contribution in [0.15, 0.2) is 59.3 Å². The van der Waals surface area contributed by atoms with Crippen molar-refractivity contribution in [1.82, 2.24) is 0 Å². The van der Waals surface area contributed by atoms with E-state index in [0.29, 0.717) is 5.57 Å². The minimum absolute atomic E-state index is 0.0743. The molecule has 1 atom stereocenters. The smallest absolute Gasteiger partial charge is 0.302 e. The van der Waals surface area contributed by atoms with Crippen molar-refractivity contribution < 1.29 is 9.53 Å². The Morgan fingerprint density at radius 2 is 1.95 bits per heavy atom. The number of halogens is 1. The van der Waals surface area contributed by atoms with Crippen molar-refractivity contribution >= 4 is 17.6 Å². The Balaban J connectivity index is 5.32. The van der Waals surface area contributed by atoms with Gasteiger partial charge in [-0.25, -0.2) is 0 Å². The van der Waals surface area contributed by atoms with Crippen LogP contribution in [0.25, 0.3) is 0 Å². The highest BCUT2D eigenvalue weighted by atomic mass is 35.5. The molecule has 0 aromatic rings. The highest BCUT2D eigenvalue weighted by Gasteiger charge is 2.14. The molecule has 0 radical (unpaired) electrons. The van der Waals surface area contributed by atoms with Crippen LogP contribution in [-0.4, -0.2) is 12.6 Å². The molecule has 2 N–H and O–H groups in total. The normalized spacial score (nSPS) is 13.9. The monoisotopic (exact) mass is 323 g/mol. The van der Waals surface area contributed by atoms with Gasteiger partial charge >= 0.3 is 5.97 Å². The maximum absolute atomic E-state index is 11.0. The molecule has 1 unspecified atom stereocenters. The lowest BCUT2D eigenvalue weighted by Crippen LogP contribution is -2.13. The summed E-state index contributed by atoms with van der Waals surface area (Å²) in [5.74, 6) is -0.467. The molecule has 0 bridgehead atoms. The van der Waals surface area contributed by atoms with E-state index in [9.17, 15) is 4.79 Å². The lowest BCUT2D eigenvalue weighted by atomic mass is 9.91. The van der Waals surface area contributed by atoms with Crippen molar-refractivity contribution in [3.05, 3.63) is 59.3 Å². The minimum Gasteiger partial charge on any atom is -0.461 e. The molecular formula is C18H26ClNO2. The molecule has 0 aromatic carbocycles. The molecule has 0 aromatic heterocycles. The molecule has 0 saturated carbocycles. The predicted molar refractivity (Wildman–Crippen MR) is 94.3 cm³/mol. The fraction of sp³-hybridized carbons (Fsp3) is 0.389. The molecule has 122 valence electrons. The van der Waals surface area contributed by atoms with Crippen LogP contribution in [0.5, 0.6) is 0 Å². The Bertz CT molecular complexity index is 511. The van der Waals surface area contributed by atoms with Gasteiger partial charge in [-0.15, -0.1) is 6.58 Å². The lowest BCUT2D eigenvalue weighted by molar-refractivity contribution is -0.140. The van der Waals surface area contributed by atoms with Gasteiger partial charge in [0.15, 0.2) is 0 Å². The standard InChI is InChI=1S/C18H26ClNO2/c1-7-8-9-13(4)16(12(2)3)10-14(5)17(18(19)20)11-22-15(6)21/h7,10,14H,1-2,4,8-9,11,20H2,3,5-6H3/b16-10-,18-17-. The third-order valence-electron chi connectivity index (χ3n) is 3.19.